The van der Waals surface area contributed by atoms with Crippen LogP contribution < -0.4 is 0 Å². The summed E-state index contributed by atoms with van der Waals surface area (Å²) in [5, 5.41) is 9.37. The molecule has 1 aromatic rings. The van der Waals surface area contributed by atoms with E-state index in [1.54, 1.807) is 6.20 Å². The molecule has 0 aliphatic rings. The predicted octanol–water partition coefficient (Wildman–Crippen LogP) is 1.01. The van der Waals surface area contributed by atoms with Gasteiger partial charge in [0.2, 0.25) is 0 Å². The first-order valence-corrected chi connectivity index (χ1v) is 6.01. The van der Waals surface area contributed by atoms with Crippen molar-refractivity contribution in [2.45, 2.75) is 24.7 Å². The number of likely N-dealkylation sites (N-methyl/N-ethyl adjacent to an activating group) is 1. The first-order valence-electron chi connectivity index (χ1n) is 5.03. The van der Waals surface area contributed by atoms with Crippen LogP contribution in [0.25, 0.3) is 0 Å². The average Bonchev–Trinajstić information content (AvgIpc) is 2.62. The first kappa shape index (κ1) is 13.1. The summed E-state index contributed by atoms with van der Waals surface area (Å²) in [4.78, 5) is 16.7. The third kappa shape index (κ3) is 3.86. The lowest BCUT2D eigenvalue weighted by molar-refractivity contribution is -0.133. The zero-order valence-corrected chi connectivity index (χ0v) is 10.6. The molecule has 0 saturated heterocycles. The minimum Gasteiger partial charge on any atom is -0.481 e. The molecule has 1 unspecified atom stereocenters. The molecule has 0 fully saturated rings. The van der Waals surface area contributed by atoms with Gasteiger partial charge in [0.25, 0.3) is 0 Å². The molecule has 0 amide bonds. The van der Waals surface area contributed by atoms with Crippen LogP contribution in [-0.4, -0.2) is 51.4 Å². The Morgan fingerprint density at radius 2 is 2.38 bits per heavy atom. The number of thioether (sulfide) groups is 1. The molecule has 0 saturated carbocycles. The highest BCUT2D eigenvalue weighted by Crippen LogP contribution is 2.16. The summed E-state index contributed by atoms with van der Waals surface area (Å²) in [6, 6.07) is 0.387. The largest absolute Gasteiger partial charge is 0.481 e. The van der Waals surface area contributed by atoms with E-state index < -0.39 is 5.97 Å². The van der Waals surface area contributed by atoms with Gasteiger partial charge in [-0.2, -0.15) is 0 Å². The maximum atomic E-state index is 10.5. The fourth-order valence-electron chi connectivity index (χ4n) is 1.15. The van der Waals surface area contributed by atoms with Gasteiger partial charge in [0.15, 0.2) is 5.16 Å². The fraction of sp³-hybridized carbons (Fsp3) is 0.600. The molecular formula is C10H17N3O2S. The van der Waals surface area contributed by atoms with E-state index in [-0.39, 0.29) is 5.75 Å². The highest BCUT2D eigenvalue weighted by Gasteiger charge is 2.10. The lowest BCUT2D eigenvalue weighted by Gasteiger charge is -2.20. The topological polar surface area (TPSA) is 58.4 Å². The second-order valence-corrected chi connectivity index (χ2v) is 4.80. The van der Waals surface area contributed by atoms with Crippen molar-refractivity contribution < 1.29 is 9.90 Å². The minimum atomic E-state index is -0.819. The average molecular weight is 243 g/mol. The normalized spacial score (nSPS) is 13.0. The van der Waals surface area contributed by atoms with Gasteiger partial charge in [-0.1, -0.05) is 11.8 Å². The molecule has 0 radical (unpaired) electrons. The summed E-state index contributed by atoms with van der Waals surface area (Å²) >= 11 is 1.25. The van der Waals surface area contributed by atoms with Gasteiger partial charge < -0.3 is 14.6 Å². The Morgan fingerprint density at radius 1 is 1.69 bits per heavy atom. The van der Waals surface area contributed by atoms with Crippen molar-refractivity contribution in [3.05, 3.63) is 12.4 Å². The molecule has 0 aromatic carbocycles. The van der Waals surface area contributed by atoms with Gasteiger partial charge in [0, 0.05) is 25.0 Å². The number of carbonyl (C=O) groups is 1. The van der Waals surface area contributed by atoms with Crippen LogP contribution in [0.1, 0.15) is 6.92 Å². The van der Waals surface area contributed by atoms with Crippen molar-refractivity contribution in [1.29, 1.82) is 0 Å². The zero-order chi connectivity index (χ0) is 12.1. The standard InChI is InChI=1S/C10H17N3O2S/c1-8(12(2)3)6-13-5-4-11-10(13)16-7-9(14)15/h4-5,8H,6-7H2,1-3H3,(H,14,15). The molecule has 1 aromatic heterocycles. The quantitative estimate of drug-likeness (QED) is 0.756. The zero-order valence-electron chi connectivity index (χ0n) is 9.75. The molecule has 90 valence electrons. The molecule has 1 N–H and O–H groups in total. The molecule has 5 nitrogen and oxygen atoms in total. The Bertz CT molecular complexity index is 352. The van der Waals surface area contributed by atoms with Crippen LogP contribution in [0.4, 0.5) is 0 Å². The van der Waals surface area contributed by atoms with E-state index in [1.807, 2.05) is 24.9 Å². The van der Waals surface area contributed by atoms with Gasteiger partial charge >= 0.3 is 5.97 Å². The number of imidazole rings is 1. The van der Waals surface area contributed by atoms with E-state index >= 15 is 0 Å². The maximum absolute atomic E-state index is 10.5. The Balaban J connectivity index is 2.59. The van der Waals surface area contributed by atoms with Crippen molar-refractivity contribution in [3.8, 4) is 0 Å². The molecule has 6 heteroatoms. The molecule has 1 atom stereocenters. The summed E-state index contributed by atoms with van der Waals surface area (Å²) in [5.41, 5.74) is 0. The van der Waals surface area contributed by atoms with Crippen molar-refractivity contribution in [2.75, 3.05) is 19.8 Å². The molecular weight excluding hydrogens is 226 g/mol. The van der Waals surface area contributed by atoms with E-state index in [0.717, 1.165) is 11.7 Å². The van der Waals surface area contributed by atoms with E-state index in [0.29, 0.717) is 6.04 Å². The van der Waals surface area contributed by atoms with Gasteiger partial charge in [-0.25, -0.2) is 4.98 Å². The van der Waals surface area contributed by atoms with Gasteiger partial charge in [-0.05, 0) is 21.0 Å². The summed E-state index contributed by atoms with van der Waals surface area (Å²) in [7, 11) is 4.04. The lowest BCUT2D eigenvalue weighted by Crippen LogP contribution is -2.29. The van der Waals surface area contributed by atoms with Crippen LogP contribution >= 0.6 is 11.8 Å². The monoisotopic (exact) mass is 243 g/mol. The summed E-state index contributed by atoms with van der Waals surface area (Å²) in [6.07, 6.45) is 3.58. The molecule has 0 spiro atoms. The van der Waals surface area contributed by atoms with Crippen LogP contribution in [-0.2, 0) is 11.3 Å². The number of nitrogens with zero attached hydrogens (tertiary/aromatic N) is 3. The number of aliphatic carboxylic acids is 1. The minimum absolute atomic E-state index is 0.0490. The summed E-state index contributed by atoms with van der Waals surface area (Å²) in [5.74, 6) is -0.770. The highest BCUT2D eigenvalue weighted by atomic mass is 32.2. The van der Waals surface area contributed by atoms with E-state index in [2.05, 4.69) is 16.8 Å². The predicted molar refractivity (Wildman–Crippen MR) is 63.7 cm³/mol. The van der Waals surface area contributed by atoms with E-state index in [9.17, 15) is 4.79 Å². The number of aromatic nitrogens is 2. The van der Waals surface area contributed by atoms with Crippen molar-refractivity contribution in [1.82, 2.24) is 14.5 Å². The molecule has 1 heterocycles. The Hall–Kier alpha value is -1.01. The molecule has 0 aliphatic carbocycles. The Morgan fingerprint density at radius 3 is 2.94 bits per heavy atom. The van der Waals surface area contributed by atoms with Crippen LogP contribution in [0.15, 0.2) is 17.6 Å². The number of hydrogen-bond acceptors (Lipinski definition) is 4. The Labute approximate surface area is 99.5 Å². The number of carboxylic acid groups (broad SMARTS) is 1. The third-order valence-corrected chi connectivity index (χ3v) is 3.33. The molecule has 16 heavy (non-hydrogen) atoms. The van der Waals surface area contributed by atoms with Crippen LogP contribution in [0.5, 0.6) is 0 Å². The maximum Gasteiger partial charge on any atom is 0.313 e. The fourth-order valence-corrected chi connectivity index (χ4v) is 1.84. The van der Waals surface area contributed by atoms with Crippen molar-refractivity contribution in [2.24, 2.45) is 0 Å². The summed E-state index contributed by atoms with van der Waals surface area (Å²) < 4.78 is 1.98. The van der Waals surface area contributed by atoms with Crippen LogP contribution in [0, 0.1) is 0 Å². The first-order chi connectivity index (χ1) is 7.50. The van der Waals surface area contributed by atoms with Crippen molar-refractivity contribution >= 4 is 17.7 Å². The van der Waals surface area contributed by atoms with Crippen LogP contribution in [0.3, 0.4) is 0 Å². The van der Waals surface area contributed by atoms with Gasteiger partial charge in [-0.3, -0.25) is 4.79 Å². The van der Waals surface area contributed by atoms with E-state index in [4.69, 9.17) is 5.11 Å². The molecule has 0 bridgehead atoms. The number of carboxylic acids is 1. The van der Waals surface area contributed by atoms with Crippen molar-refractivity contribution in [3.63, 3.8) is 0 Å². The lowest BCUT2D eigenvalue weighted by atomic mass is 10.3. The number of rotatable bonds is 6. The Kier molecular flexibility index (Phi) is 4.82. The summed E-state index contributed by atoms with van der Waals surface area (Å²) in [6.45, 7) is 2.93. The smallest absolute Gasteiger partial charge is 0.313 e. The highest BCUT2D eigenvalue weighted by molar-refractivity contribution is 7.99. The molecule has 0 aliphatic heterocycles. The van der Waals surface area contributed by atoms with Gasteiger partial charge in [-0.15, -0.1) is 0 Å². The SMILES string of the molecule is CC(Cn1ccnc1SCC(=O)O)N(C)C. The second kappa shape index (κ2) is 5.91. The van der Waals surface area contributed by atoms with Crippen LogP contribution in [0.2, 0.25) is 0 Å². The van der Waals surface area contributed by atoms with Gasteiger partial charge in [0.1, 0.15) is 0 Å². The van der Waals surface area contributed by atoms with E-state index in [1.165, 1.54) is 11.8 Å². The second-order valence-electron chi connectivity index (χ2n) is 3.86. The third-order valence-electron chi connectivity index (χ3n) is 2.34. The van der Waals surface area contributed by atoms with Gasteiger partial charge in [0.05, 0.1) is 5.75 Å². The number of hydrogen-bond donors (Lipinski definition) is 1. The molecule has 1 rings (SSSR count).